The first kappa shape index (κ1) is 62.4. The smallest absolute Gasteiger partial charge is 0.369 e. The van der Waals surface area contributed by atoms with E-state index in [1.165, 1.54) is 61.7 Å². The van der Waals surface area contributed by atoms with Gasteiger partial charge in [-0.05, 0) is 96.5 Å². The van der Waals surface area contributed by atoms with E-state index in [0.717, 1.165) is 0 Å². The van der Waals surface area contributed by atoms with Gasteiger partial charge in [-0.2, -0.15) is 20.2 Å². The molecule has 414 valence electrons. The Morgan fingerprint density at radius 3 is 1.35 bits per heavy atom. The minimum absolute atomic E-state index is 0.000663. The first-order valence-electron chi connectivity index (χ1n) is 22.2. The standard InChI is InChI=1S/C23H21Cl2F2N3O6S.C22H19Cl2F2N3O6S.BBr3/c1-36-19-3-2-11(5-20(19)37(34,35)29-12-6-14(31)7-12)4-15-16(24)8-13(9-17(15)25)30-21(33)10-18(32)22(28-30)23(26)27;23-15-7-12(29-20(33)9-18(32)21(27-29)22(25)26)8-16(24)14(15)3-10-1-2-17(31)19(4-10)36(34,35)28-11-5-13(30)6-11;2-1(3)4/h2-3,5,8-9,12,14,23,29,31H,4,6-7,10H2,1H3;1-2,4,7-8,11,13,22,28,30-31H,3,5-6,9H2;. The predicted octanol–water partition coefficient (Wildman–Crippen LogP) is 8.50. The van der Waals surface area contributed by atoms with Gasteiger partial charge in [-0.15, -0.1) is 47.3 Å². The number of nitrogens with one attached hydrogen (secondary N) is 2. The zero-order chi connectivity index (χ0) is 57.0. The zero-order valence-corrected chi connectivity index (χ0v) is 48.7. The highest BCUT2D eigenvalue weighted by Crippen LogP contribution is 2.38. The van der Waals surface area contributed by atoms with Gasteiger partial charge in [0.05, 0.1) is 43.5 Å². The van der Waals surface area contributed by atoms with Crippen LogP contribution in [0.5, 0.6) is 11.5 Å². The van der Waals surface area contributed by atoms with E-state index in [1.54, 1.807) is 6.07 Å². The number of halogens is 11. The predicted molar refractivity (Wildman–Crippen MR) is 292 cm³/mol. The van der Waals surface area contributed by atoms with Crippen LogP contribution in [0.15, 0.2) is 80.7 Å². The van der Waals surface area contributed by atoms with Crippen molar-refractivity contribution < 1.29 is 73.6 Å². The number of rotatable bonds is 15. The number of benzene rings is 4. The van der Waals surface area contributed by atoms with Crippen LogP contribution in [0, 0.1) is 0 Å². The van der Waals surface area contributed by atoms with Crippen molar-refractivity contribution in [1.82, 2.24) is 9.44 Å². The molecule has 0 radical (unpaired) electrons. The van der Waals surface area contributed by atoms with Gasteiger partial charge in [0.2, 0.25) is 20.0 Å². The number of aromatic hydroxyl groups is 1. The van der Waals surface area contributed by atoms with Crippen molar-refractivity contribution >= 4 is 163 Å². The number of hydrazone groups is 2. The number of ketones is 2. The molecule has 18 nitrogen and oxygen atoms in total. The molecule has 4 aromatic rings. The van der Waals surface area contributed by atoms with Gasteiger partial charge in [-0.25, -0.2) is 43.8 Å². The summed E-state index contributed by atoms with van der Waals surface area (Å²) >= 11 is 34.9. The minimum atomic E-state index is -4.08. The Morgan fingerprint density at radius 2 is 1.00 bits per heavy atom. The van der Waals surface area contributed by atoms with Gasteiger partial charge in [0, 0.05) is 45.0 Å². The summed E-state index contributed by atoms with van der Waals surface area (Å²) in [6.07, 6.45) is -7.69. The maximum Gasteiger partial charge on any atom is 0.369 e. The number of methoxy groups -OCH3 is 1. The SMILES string of the molecule is BrB(Br)Br.COc1ccc(Cc2c(Cl)cc(N3N=C(C(F)F)C(=O)CC3=O)cc2Cl)cc1S(=O)(=O)NC1CC(O)C1.O=C1CC(=O)N(c2cc(Cl)c(Cc3ccc(O)c(S(=O)(=O)NC4CC(O)C4)c3)c(Cl)c2)N=C1C(F)F. The quantitative estimate of drug-likeness (QED) is 0.0426. The number of hydrogen-bond acceptors (Lipinski definition) is 14. The molecule has 32 heteroatoms. The molecule has 0 unspecified atom stereocenters. The molecular formula is C45H40BBr3Cl4F4N6O12S2. The van der Waals surface area contributed by atoms with Crippen LogP contribution in [0.4, 0.5) is 28.9 Å². The fourth-order valence-corrected chi connectivity index (χ4v) is 11.9. The van der Waals surface area contributed by atoms with Crippen LogP contribution in [0.2, 0.25) is 20.1 Å². The molecule has 0 saturated heterocycles. The highest BCUT2D eigenvalue weighted by atomic mass is 79.9. The van der Waals surface area contributed by atoms with Crippen LogP contribution in [0.25, 0.3) is 0 Å². The van der Waals surface area contributed by atoms with E-state index in [-0.39, 0.29) is 81.9 Å². The summed E-state index contributed by atoms with van der Waals surface area (Å²) in [5, 5.41) is 37.4. The van der Waals surface area contributed by atoms with Crippen LogP contribution < -0.4 is 24.2 Å². The molecule has 4 aliphatic rings. The Bertz CT molecular complexity index is 3230. The molecule has 2 fully saturated rings. The highest BCUT2D eigenvalue weighted by molar-refractivity contribution is 9.69. The average Bonchev–Trinajstić information content (AvgIpc) is 3.31. The van der Waals surface area contributed by atoms with Gasteiger partial charge in [0.15, 0.2) is 23.0 Å². The summed E-state index contributed by atoms with van der Waals surface area (Å²) < 4.78 is 114. The lowest BCUT2D eigenvalue weighted by Crippen LogP contribution is -2.46. The number of phenolic OH excluding ortho intramolecular Hbond substituents is 1. The van der Waals surface area contributed by atoms with Gasteiger partial charge < -0.3 is 20.1 Å². The van der Waals surface area contributed by atoms with Gasteiger partial charge in [-0.1, -0.05) is 58.5 Å². The summed E-state index contributed by atoms with van der Waals surface area (Å²) in [6.45, 7) is 0. The topological polar surface area (TPSA) is 262 Å². The summed E-state index contributed by atoms with van der Waals surface area (Å²) in [4.78, 5) is 47.3. The van der Waals surface area contributed by atoms with Crippen molar-refractivity contribution in [3.63, 3.8) is 0 Å². The van der Waals surface area contributed by atoms with E-state index in [1.807, 2.05) is 0 Å². The van der Waals surface area contributed by atoms with Crippen LogP contribution in [0.1, 0.15) is 60.8 Å². The molecule has 0 spiro atoms. The summed E-state index contributed by atoms with van der Waals surface area (Å²) in [7, 11) is -6.71. The van der Waals surface area contributed by atoms with Crippen molar-refractivity contribution in [1.29, 1.82) is 0 Å². The molecule has 0 aromatic heterocycles. The van der Waals surface area contributed by atoms with Gasteiger partial charge in [0.1, 0.15) is 21.3 Å². The number of phenols is 1. The fraction of sp³-hybridized carbons (Fsp3) is 0.333. The number of carbonyl (C=O) groups excluding carboxylic acids is 4. The molecule has 2 aliphatic heterocycles. The second-order valence-electron chi connectivity index (χ2n) is 17.2. The number of carbonyl (C=O) groups is 4. The number of aliphatic hydroxyl groups excluding tert-OH is 2. The van der Waals surface area contributed by atoms with Crippen molar-refractivity contribution in [2.24, 2.45) is 10.2 Å². The Hall–Kier alpha value is -3.78. The minimum Gasteiger partial charge on any atom is -0.507 e. The van der Waals surface area contributed by atoms with E-state index in [9.17, 15) is 68.9 Å². The third-order valence-corrected chi connectivity index (χ3v) is 16.1. The molecule has 8 rings (SSSR count). The first-order valence-corrected chi connectivity index (χ1v) is 29.4. The number of aliphatic hydroxyl groups is 2. The van der Waals surface area contributed by atoms with Crippen molar-refractivity contribution in [2.45, 2.75) is 98.3 Å². The van der Waals surface area contributed by atoms with Crippen LogP contribution in [0.3, 0.4) is 0 Å². The summed E-state index contributed by atoms with van der Waals surface area (Å²) in [6, 6.07) is 12.8. The molecule has 2 amide bonds. The molecule has 0 bridgehead atoms. The lowest BCUT2D eigenvalue weighted by atomic mass is 9.91. The van der Waals surface area contributed by atoms with E-state index in [4.69, 9.17) is 51.1 Å². The Morgan fingerprint density at radius 1 is 0.649 bits per heavy atom. The Balaban J connectivity index is 0.000000233. The maximum absolute atomic E-state index is 13.1. The second-order valence-corrected chi connectivity index (χ2v) is 28.7. The molecule has 2 heterocycles. The van der Waals surface area contributed by atoms with Crippen LogP contribution >= 0.6 is 93.7 Å². The fourth-order valence-electron chi connectivity index (χ4n) is 7.81. The van der Waals surface area contributed by atoms with Crippen molar-refractivity contribution in [3.05, 3.63) is 103 Å². The van der Waals surface area contributed by atoms with Gasteiger partial charge in [0.25, 0.3) is 24.7 Å². The summed E-state index contributed by atoms with van der Waals surface area (Å²) in [5.41, 5.74) is -0.440. The number of sulfonamides is 2. The van der Waals surface area contributed by atoms with E-state index in [0.29, 0.717) is 45.1 Å². The van der Waals surface area contributed by atoms with Gasteiger partial charge in [-0.3, -0.25) is 19.2 Å². The monoisotopic (exact) mass is 1380 g/mol. The maximum atomic E-state index is 13.1. The molecule has 5 N–H and O–H groups in total. The molecular weight excluding hydrogens is 1350 g/mol. The Labute approximate surface area is 482 Å². The van der Waals surface area contributed by atoms with E-state index < -0.39 is 105 Å². The zero-order valence-electron chi connectivity index (χ0n) is 39.3. The summed E-state index contributed by atoms with van der Waals surface area (Å²) in [5.74, 6) is -4.12. The first-order chi connectivity index (χ1) is 36.0. The van der Waals surface area contributed by atoms with Crippen molar-refractivity contribution in [3.8, 4) is 11.5 Å². The number of hydrogen-bond donors (Lipinski definition) is 5. The number of amides is 2. The van der Waals surface area contributed by atoms with E-state index >= 15 is 0 Å². The Kier molecular flexibility index (Phi) is 21.3. The van der Waals surface area contributed by atoms with E-state index in [2.05, 4.69) is 66.9 Å². The average molecular weight is 1390 g/mol. The lowest BCUT2D eigenvalue weighted by Gasteiger charge is -2.31. The number of nitrogens with zero attached hydrogens (tertiary/aromatic N) is 4. The van der Waals surface area contributed by atoms with Crippen LogP contribution in [-0.4, -0.2) is 114 Å². The number of Topliss-reactive ketones (excluding diaryl/α,β-unsaturated/α-hetero) is 2. The third-order valence-electron chi connectivity index (χ3n) is 11.7. The molecule has 0 atom stereocenters. The number of anilines is 2. The molecule has 2 aliphatic carbocycles. The normalized spacial score (nSPS) is 19.6. The van der Waals surface area contributed by atoms with Crippen LogP contribution in [-0.2, 0) is 52.1 Å². The highest BCUT2D eigenvalue weighted by Gasteiger charge is 2.37. The van der Waals surface area contributed by atoms with Crippen molar-refractivity contribution in [2.75, 3.05) is 17.1 Å². The number of ether oxygens (including phenoxy) is 1. The second kappa shape index (κ2) is 26.2. The molecule has 77 heavy (non-hydrogen) atoms. The largest absolute Gasteiger partial charge is 0.507 e. The molecule has 2 saturated carbocycles. The number of alkyl halides is 4. The third kappa shape index (κ3) is 15.8. The lowest BCUT2D eigenvalue weighted by molar-refractivity contribution is -0.126. The van der Waals surface area contributed by atoms with Gasteiger partial charge >= 0.3 is 3.18 Å². The molecule has 4 aromatic carbocycles.